The van der Waals surface area contributed by atoms with E-state index in [2.05, 4.69) is 19.9 Å². The molecule has 0 heterocycles. The molecule has 0 aromatic rings. The van der Waals surface area contributed by atoms with Crippen molar-refractivity contribution in [1.82, 2.24) is 0 Å². The predicted molar refractivity (Wildman–Crippen MR) is 93.0 cm³/mol. The van der Waals surface area contributed by atoms with Gasteiger partial charge in [0.15, 0.2) is 5.78 Å². The molecule has 0 N–H and O–H groups in total. The van der Waals surface area contributed by atoms with Gasteiger partial charge in [0.2, 0.25) is 0 Å². The highest BCUT2D eigenvalue weighted by Gasteiger charge is 2.59. The molecule has 0 aliphatic heterocycles. The summed E-state index contributed by atoms with van der Waals surface area (Å²) in [5, 5.41) is 0. The fraction of sp³-hybridized carbons (Fsp3) is 0.810. The largest absolute Gasteiger partial charge is 0.299 e. The van der Waals surface area contributed by atoms with Gasteiger partial charge in [-0.2, -0.15) is 0 Å². The second-order valence-electron chi connectivity index (χ2n) is 8.44. The highest BCUT2D eigenvalue weighted by Crippen LogP contribution is 2.64. The number of hydrogen-bond acceptors (Lipinski definition) is 2. The SMILES string of the molecule is CC.C[C@]12C=CC(=O)CC1CCC1C2CC[C@]2(C)C(=O)CCC12. The van der Waals surface area contributed by atoms with Crippen molar-refractivity contribution in [2.24, 2.45) is 34.5 Å². The predicted octanol–water partition coefficient (Wildman–Crippen LogP) is 4.97. The van der Waals surface area contributed by atoms with Gasteiger partial charge >= 0.3 is 0 Å². The van der Waals surface area contributed by atoms with Gasteiger partial charge in [-0.15, -0.1) is 0 Å². The van der Waals surface area contributed by atoms with Gasteiger partial charge < -0.3 is 0 Å². The summed E-state index contributed by atoms with van der Waals surface area (Å²) in [6.07, 6.45) is 11.4. The number of hydrogen-bond donors (Lipinski definition) is 0. The molecule has 0 aromatic heterocycles. The highest BCUT2D eigenvalue weighted by molar-refractivity contribution is 5.91. The summed E-state index contributed by atoms with van der Waals surface area (Å²) in [7, 11) is 0. The quantitative estimate of drug-likeness (QED) is 0.632. The molecule has 2 heteroatoms. The molecule has 0 radical (unpaired) electrons. The first-order chi connectivity index (χ1) is 10.9. The Labute approximate surface area is 141 Å². The number of ketones is 2. The average molecular weight is 316 g/mol. The zero-order chi connectivity index (χ0) is 16.8. The topological polar surface area (TPSA) is 34.1 Å². The lowest BCUT2D eigenvalue weighted by Gasteiger charge is -2.57. The lowest BCUT2D eigenvalue weighted by atomic mass is 9.46. The van der Waals surface area contributed by atoms with Crippen molar-refractivity contribution in [3.05, 3.63) is 12.2 Å². The Bertz CT molecular complexity index is 534. The van der Waals surface area contributed by atoms with E-state index in [1.165, 1.54) is 19.3 Å². The van der Waals surface area contributed by atoms with Crippen LogP contribution < -0.4 is 0 Å². The van der Waals surface area contributed by atoms with E-state index in [1.807, 2.05) is 19.9 Å². The van der Waals surface area contributed by atoms with Crippen molar-refractivity contribution in [3.8, 4) is 0 Å². The summed E-state index contributed by atoms with van der Waals surface area (Å²) in [6.45, 7) is 8.62. The first kappa shape index (κ1) is 16.9. The fourth-order valence-corrected chi connectivity index (χ4v) is 6.41. The van der Waals surface area contributed by atoms with Crippen LogP contribution in [0.4, 0.5) is 0 Å². The molecule has 0 saturated heterocycles. The normalized spacial score (nSPS) is 48.0. The van der Waals surface area contributed by atoms with Gasteiger partial charge in [-0.3, -0.25) is 9.59 Å². The first-order valence-corrected chi connectivity index (χ1v) is 9.70. The van der Waals surface area contributed by atoms with Crippen LogP contribution in [0.3, 0.4) is 0 Å². The maximum absolute atomic E-state index is 12.4. The molecule has 3 fully saturated rings. The van der Waals surface area contributed by atoms with Crippen LogP contribution in [0, 0.1) is 34.5 Å². The first-order valence-electron chi connectivity index (χ1n) is 9.70. The van der Waals surface area contributed by atoms with E-state index in [1.54, 1.807) is 0 Å². The highest BCUT2D eigenvalue weighted by atomic mass is 16.1. The molecule has 4 unspecified atom stereocenters. The molecule has 4 rings (SSSR count). The third kappa shape index (κ3) is 2.36. The minimum absolute atomic E-state index is 0.0292. The van der Waals surface area contributed by atoms with Gasteiger partial charge in [-0.25, -0.2) is 0 Å². The van der Waals surface area contributed by atoms with Gasteiger partial charge in [-0.05, 0) is 67.3 Å². The summed E-state index contributed by atoms with van der Waals surface area (Å²) in [5.74, 6) is 3.37. The maximum Gasteiger partial charge on any atom is 0.155 e. The third-order valence-corrected chi connectivity index (χ3v) is 7.75. The minimum atomic E-state index is -0.0292. The number of rotatable bonds is 0. The molecule has 0 aromatic carbocycles. The number of carbonyl (C=O) groups excluding carboxylic acids is 2. The van der Waals surface area contributed by atoms with Crippen LogP contribution in [0.5, 0.6) is 0 Å². The van der Waals surface area contributed by atoms with E-state index in [0.29, 0.717) is 35.2 Å². The molecule has 6 atom stereocenters. The molecular formula is C21H32O2. The van der Waals surface area contributed by atoms with Crippen molar-refractivity contribution in [3.63, 3.8) is 0 Å². The van der Waals surface area contributed by atoms with E-state index < -0.39 is 0 Å². The van der Waals surface area contributed by atoms with Crippen LogP contribution in [0.1, 0.15) is 72.6 Å². The standard InChI is InChI=1S/C19H26O2.C2H6/c1-18-9-7-13(20)11-12(18)3-4-14-15-5-6-17(21)19(15,2)10-8-16(14)18;1-2/h7,9,12,14-16H,3-6,8,10-11H2,1-2H3;1-2H3/t12?,14?,15?,16?,18-,19-;/m0./s1. The van der Waals surface area contributed by atoms with E-state index in [4.69, 9.17) is 0 Å². The van der Waals surface area contributed by atoms with Crippen molar-refractivity contribution < 1.29 is 9.59 Å². The van der Waals surface area contributed by atoms with Crippen molar-refractivity contribution in [2.75, 3.05) is 0 Å². The molecule has 4 aliphatic carbocycles. The maximum atomic E-state index is 12.4. The van der Waals surface area contributed by atoms with Gasteiger partial charge in [0.1, 0.15) is 5.78 Å². The van der Waals surface area contributed by atoms with Crippen LogP contribution in [0.2, 0.25) is 0 Å². The van der Waals surface area contributed by atoms with Crippen molar-refractivity contribution in [1.29, 1.82) is 0 Å². The smallest absolute Gasteiger partial charge is 0.155 e. The van der Waals surface area contributed by atoms with Crippen LogP contribution in [0.25, 0.3) is 0 Å². The zero-order valence-electron chi connectivity index (χ0n) is 15.2. The fourth-order valence-electron chi connectivity index (χ4n) is 6.41. The second kappa shape index (κ2) is 5.86. The molecule has 23 heavy (non-hydrogen) atoms. The molecule has 0 bridgehead atoms. The van der Waals surface area contributed by atoms with Crippen LogP contribution >= 0.6 is 0 Å². The molecule has 128 valence electrons. The Morgan fingerprint density at radius 1 is 1.00 bits per heavy atom. The summed E-state index contributed by atoms with van der Waals surface area (Å²) in [5.41, 5.74) is 0.169. The second-order valence-corrected chi connectivity index (χ2v) is 8.44. The van der Waals surface area contributed by atoms with Crippen molar-refractivity contribution >= 4 is 11.6 Å². The van der Waals surface area contributed by atoms with E-state index in [-0.39, 0.29) is 10.8 Å². The Morgan fingerprint density at radius 2 is 1.74 bits per heavy atom. The Balaban J connectivity index is 0.000000753. The molecule has 3 saturated carbocycles. The van der Waals surface area contributed by atoms with Gasteiger partial charge in [-0.1, -0.05) is 33.8 Å². The number of allylic oxidation sites excluding steroid dienone is 2. The lowest BCUT2D eigenvalue weighted by molar-refractivity contribution is -0.135. The average Bonchev–Trinajstić information content (AvgIpc) is 2.86. The zero-order valence-corrected chi connectivity index (χ0v) is 15.2. The van der Waals surface area contributed by atoms with E-state index in [0.717, 1.165) is 25.7 Å². The Morgan fingerprint density at radius 3 is 2.48 bits per heavy atom. The van der Waals surface area contributed by atoms with Crippen LogP contribution in [-0.4, -0.2) is 11.6 Å². The minimum Gasteiger partial charge on any atom is -0.299 e. The number of Topliss-reactive ketones (excluding diaryl/α,β-unsaturated/α-hetero) is 1. The summed E-state index contributed by atoms with van der Waals surface area (Å²) in [6, 6.07) is 0. The molecule has 0 spiro atoms. The Kier molecular flexibility index (Phi) is 4.31. The Hall–Kier alpha value is -0.920. The van der Waals surface area contributed by atoms with Gasteiger partial charge in [0, 0.05) is 18.3 Å². The molecule has 2 nitrogen and oxygen atoms in total. The number of carbonyl (C=O) groups is 2. The van der Waals surface area contributed by atoms with Crippen molar-refractivity contribution in [2.45, 2.75) is 72.6 Å². The summed E-state index contributed by atoms with van der Waals surface area (Å²) in [4.78, 5) is 24.1. The van der Waals surface area contributed by atoms with Gasteiger partial charge in [0.25, 0.3) is 0 Å². The summed E-state index contributed by atoms with van der Waals surface area (Å²) >= 11 is 0. The number of fused-ring (bicyclic) bond motifs is 5. The monoisotopic (exact) mass is 316 g/mol. The van der Waals surface area contributed by atoms with Crippen LogP contribution in [0.15, 0.2) is 12.2 Å². The molecule has 4 aliphatic rings. The van der Waals surface area contributed by atoms with Gasteiger partial charge in [0.05, 0.1) is 0 Å². The van der Waals surface area contributed by atoms with Crippen LogP contribution in [-0.2, 0) is 9.59 Å². The van der Waals surface area contributed by atoms with E-state index >= 15 is 0 Å². The molecule has 0 amide bonds. The van der Waals surface area contributed by atoms with E-state index in [9.17, 15) is 9.59 Å². The lowest BCUT2D eigenvalue weighted by Crippen LogP contribution is -2.52. The summed E-state index contributed by atoms with van der Waals surface area (Å²) < 4.78 is 0. The third-order valence-electron chi connectivity index (χ3n) is 7.75. The molecular weight excluding hydrogens is 284 g/mol.